The third-order valence-corrected chi connectivity index (χ3v) is 4.02. The van der Waals surface area contributed by atoms with Crippen molar-refractivity contribution in [3.05, 3.63) is 47.9 Å². The van der Waals surface area contributed by atoms with Crippen LogP contribution < -0.4 is 5.32 Å². The van der Waals surface area contributed by atoms with Crippen LogP contribution in [0.25, 0.3) is 11.4 Å². The molecule has 3 aromatic rings. The first-order valence-electron chi connectivity index (χ1n) is 8.40. The second kappa shape index (κ2) is 7.46. The van der Waals surface area contributed by atoms with Crippen LogP contribution in [-0.2, 0) is 11.3 Å². The molecule has 138 valence electrons. The molecule has 0 saturated carbocycles. The number of aromatic nitrogens is 5. The third-order valence-electron chi connectivity index (χ3n) is 4.02. The first-order valence-corrected chi connectivity index (χ1v) is 8.40. The Hall–Kier alpha value is -3.40. The van der Waals surface area contributed by atoms with E-state index in [1.165, 1.54) is 18.3 Å². The van der Waals surface area contributed by atoms with Crippen LogP contribution in [0, 0.1) is 0 Å². The molecule has 0 aromatic carbocycles. The van der Waals surface area contributed by atoms with E-state index in [1.807, 2.05) is 0 Å². The van der Waals surface area contributed by atoms with Crippen LogP contribution in [0.3, 0.4) is 0 Å². The summed E-state index contributed by atoms with van der Waals surface area (Å²) in [6, 6.07) is 4.54. The minimum absolute atomic E-state index is 0.126. The van der Waals surface area contributed by atoms with Gasteiger partial charge in [0.2, 0.25) is 5.95 Å². The van der Waals surface area contributed by atoms with Crippen molar-refractivity contribution < 1.29 is 19.2 Å². The lowest BCUT2D eigenvalue weighted by Crippen LogP contribution is -2.06. The lowest BCUT2D eigenvalue weighted by atomic mass is 10.2. The Kier molecular flexibility index (Phi) is 4.71. The average Bonchev–Trinajstić information content (AvgIpc) is 3.38. The lowest BCUT2D eigenvalue weighted by molar-refractivity contribution is 0.0696. The number of anilines is 1. The highest BCUT2D eigenvalue weighted by Crippen LogP contribution is 2.27. The van der Waals surface area contributed by atoms with Gasteiger partial charge in [-0.1, -0.05) is 5.16 Å². The van der Waals surface area contributed by atoms with E-state index in [1.54, 1.807) is 12.3 Å². The third kappa shape index (κ3) is 3.90. The van der Waals surface area contributed by atoms with Crippen molar-refractivity contribution in [2.24, 2.45) is 0 Å². The number of carboxylic acids is 1. The van der Waals surface area contributed by atoms with E-state index in [2.05, 4.69) is 30.4 Å². The van der Waals surface area contributed by atoms with Gasteiger partial charge in [0.1, 0.15) is 6.10 Å². The Morgan fingerprint density at radius 3 is 2.93 bits per heavy atom. The van der Waals surface area contributed by atoms with E-state index >= 15 is 0 Å². The lowest BCUT2D eigenvalue weighted by Gasteiger charge is -2.05. The maximum atomic E-state index is 11.1. The molecule has 0 spiro atoms. The Labute approximate surface area is 153 Å². The van der Waals surface area contributed by atoms with Gasteiger partial charge in [0.05, 0.1) is 23.5 Å². The van der Waals surface area contributed by atoms with E-state index in [9.17, 15) is 4.79 Å². The molecule has 1 fully saturated rings. The molecular weight excluding hydrogens is 352 g/mol. The highest BCUT2D eigenvalue weighted by molar-refractivity contribution is 5.88. The monoisotopic (exact) mass is 368 g/mol. The number of hydrogen-bond acceptors (Lipinski definition) is 9. The van der Waals surface area contributed by atoms with Gasteiger partial charge in [0, 0.05) is 19.0 Å². The SMILES string of the molecule is O=C(O)c1ccnc(-c2ccnc(NCc3noc([C@H]4CCCO4)n3)n2)c1. The number of aromatic carboxylic acids is 1. The molecule has 0 amide bonds. The van der Waals surface area contributed by atoms with Crippen LogP contribution >= 0.6 is 0 Å². The first kappa shape index (κ1) is 17.0. The number of ether oxygens (including phenoxy) is 1. The summed E-state index contributed by atoms with van der Waals surface area (Å²) in [4.78, 5) is 28.1. The standard InChI is InChI=1S/C17H16N6O4/c24-16(25)10-3-5-18-12(8-10)11-4-6-19-17(21-11)20-9-14-22-15(27-23-14)13-2-1-7-26-13/h3-6,8,13H,1-2,7,9H2,(H,24,25)(H,19,20,21)/t13-/m1/s1. The molecule has 0 unspecified atom stereocenters. The molecule has 10 nitrogen and oxygen atoms in total. The molecular formula is C17H16N6O4. The smallest absolute Gasteiger partial charge is 0.335 e. The molecule has 3 aromatic heterocycles. The van der Waals surface area contributed by atoms with Crippen molar-refractivity contribution >= 4 is 11.9 Å². The Bertz CT molecular complexity index is 954. The summed E-state index contributed by atoms with van der Waals surface area (Å²) in [6.45, 7) is 0.987. The van der Waals surface area contributed by atoms with Gasteiger partial charge in [-0.05, 0) is 31.0 Å². The number of carbonyl (C=O) groups is 1. The van der Waals surface area contributed by atoms with Crippen molar-refractivity contribution in [3.8, 4) is 11.4 Å². The summed E-state index contributed by atoms with van der Waals surface area (Å²) >= 11 is 0. The van der Waals surface area contributed by atoms with Crippen molar-refractivity contribution in [2.45, 2.75) is 25.5 Å². The Morgan fingerprint density at radius 2 is 2.11 bits per heavy atom. The fourth-order valence-corrected chi connectivity index (χ4v) is 2.69. The zero-order chi connectivity index (χ0) is 18.6. The summed E-state index contributed by atoms with van der Waals surface area (Å²) < 4.78 is 10.7. The maximum Gasteiger partial charge on any atom is 0.335 e. The summed E-state index contributed by atoms with van der Waals surface area (Å²) in [7, 11) is 0. The normalized spacial score (nSPS) is 16.4. The van der Waals surface area contributed by atoms with Crippen molar-refractivity contribution in [1.82, 2.24) is 25.1 Å². The zero-order valence-corrected chi connectivity index (χ0v) is 14.2. The predicted octanol–water partition coefficient (Wildman–Crippen LogP) is 2.08. The summed E-state index contributed by atoms with van der Waals surface area (Å²) in [5.41, 5.74) is 1.09. The number of carboxylic acid groups (broad SMARTS) is 1. The largest absolute Gasteiger partial charge is 0.478 e. The summed E-state index contributed by atoms with van der Waals surface area (Å²) in [5.74, 6) is 0.276. The van der Waals surface area contributed by atoms with E-state index in [0.29, 0.717) is 35.7 Å². The van der Waals surface area contributed by atoms with Gasteiger partial charge in [-0.25, -0.2) is 14.8 Å². The van der Waals surface area contributed by atoms with Crippen LogP contribution in [0.15, 0.2) is 35.1 Å². The Balaban J connectivity index is 1.45. The van der Waals surface area contributed by atoms with Crippen molar-refractivity contribution in [2.75, 3.05) is 11.9 Å². The topological polar surface area (TPSA) is 136 Å². The van der Waals surface area contributed by atoms with Gasteiger partial charge in [-0.15, -0.1) is 0 Å². The van der Waals surface area contributed by atoms with Gasteiger partial charge in [0.15, 0.2) is 5.82 Å². The predicted molar refractivity (Wildman–Crippen MR) is 91.8 cm³/mol. The van der Waals surface area contributed by atoms with E-state index in [-0.39, 0.29) is 18.2 Å². The van der Waals surface area contributed by atoms with Gasteiger partial charge in [0.25, 0.3) is 5.89 Å². The maximum absolute atomic E-state index is 11.1. The molecule has 2 N–H and O–H groups in total. The molecule has 0 radical (unpaired) electrons. The summed E-state index contributed by atoms with van der Waals surface area (Å²) in [5, 5.41) is 16.0. The number of hydrogen-bond donors (Lipinski definition) is 2. The van der Waals surface area contributed by atoms with Gasteiger partial charge < -0.3 is 19.7 Å². The number of nitrogens with zero attached hydrogens (tertiary/aromatic N) is 5. The van der Waals surface area contributed by atoms with E-state index < -0.39 is 5.97 Å². The van der Waals surface area contributed by atoms with Crippen LogP contribution in [0.4, 0.5) is 5.95 Å². The molecule has 1 aliphatic heterocycles. The van der Waals surface area contributed by atoms with Crippen LogP contribution in [0.5, 0.6) is 0 Å². The van der Waals surface area contributed by atoms with Crippen molar-refractivity contribution in [1.29, 1.82) is 0 Å². The Morgan fingerprint density at radius 1 is 1.22 bits per heavy atom. The zero-order valence-electron chi connectivity index (χ0n) is 14.2. The minimum Gasteiger partial charge on any atom is -0.478 e. The highest BCUT2D eigenvalue weighted by atomic mass is 16.5. The molecule has 1 aliphatic rings. The van der Waals surface area contributed by atoms with Crippen LogP contribution in [0.1, 0.15) is 41.0 Å². The van der Waals surface area contributed by atoms with Crippen LogP contribution in [-0.4, -0.2) is 42.8 Å². The van der Waals surface area contributed by atoms with Gasteiger partial charge in [-0.3, -0.25) is 4.98 Å². The molecule has 27 heavy (non-hydrogen) atoms. The number of rotatable bonds is 6. The highest BCUT2D eigenvalue weighted by Gasteiger charge is 2.23. The molecule has 1 atom stereocenters. The quantitative estimate of drug-likeness (QED) is 0.665. The van der Waals surface area contributed by atoms with E-state index in [0.717, 1.165) is 12.8 Å². The number of nitrogens with one attached hydrogen (secondary N) is 1. The average molecular weight is 368 g/mol. The second-order valence-electron chi connectivity index (χ2n) is 5.90. The first-order chi connectivity index (χ1) is 13.2. The molecule has 0 aliphatic carbocycles. The molecule has 4 rings (SSSR count). The van der Waals surface area contributed by atoms with Crippen molar-refractivity contribution in [3.63, 3.8) is 0 Å². The molecule has 10 heteroatoms. The van der Waals surface area contributed by atoms with Crippen LogP contribution in [0.2, 0.25) is 0 Å². The van der Waals surface area contributed by atoms with E-state index in [4.69, 9.17) is 14.4 Å². The second-order valence-corrected chi connectivity index (χ2v) is 5.90. The van der Waals surface area contributed by atoms with Gasteiger partial charge in [-0.2, -0.15) is 4.98 Å². The number of pyridine rings is 1. The van der Waals surface area contributed by atoms with Gasteiger partial charge >= 0.3 is 5.97 Å². The minimum atomic E-state index is -1.02. The fourth-order valence-electron chi connectivity index (χ4n) is 2.69. The molecule has 4 heterocycles. The molecule has 1 saturated heterocycles. The summed E-state index contributed by atoms with van der Waals surface area (Å²) in [6.07, 6.45) is 4.73. The fraction of sp³-hybridized carbons (Fsp3) is 0.294. The molecule has 0 bridgehead atoms.